The number of hydrogen-bond donors (Lipinski definition) is 1. The SMILES string of the molecule is COc1ccc(CNc2cc(Cl)cnn2)cc1. The average Bonchev–Trinajstić information content (AvgIpc) is 2.37. The lowest BCUT2D eigenvalue weighted by Gasteiger charge is -2.06. The van der Waals surface area contributed by atoms with Gasteiger partial charge in [-0.25, -0.2) is 0 Å². The van der Waals surface area contributed by atoms with Crippen LogP contribution in [0.1, 0.15) is 5.56 Å². The number of rotatable bonds is 4. The Morgan fingerprint density at radius 2 is 2.06 bits per heavy atom. The number of hydrogen-bond acceptors (Lipinski definition) is 4. The normalized spacial score (nSPS) is 10.0. The molecule has 17 heavy (non-hydrogen) atoms. The molecule has 2 aromatic rings. The summed E-state index contributed by atoms with van der Waals surface area (Å²) in [6.45, 7) is 0.666. The molecule has 0 atom stereocenters. The van der Waals surface area contributed by atoms with Crippen LogP contribution in [0.15, 0.2) is 36.5 Å². The lowest BCUT2D eigenvalue weighted by atomic mass is 10.2. The standard InChI is InChI=1S/C12H12ClN3O/c1-17-11-4-2-9(3-5-11)7-14-12-6-10(13)8-15-16-12/h2-6,8H,7H2,1H3,(H,14,16). The summed E-state index contributed by atoms with van der Waals surface area (Å²) in [5.74, 6) is 1.50. The molecule has 2 rings (SSSR count). The van der Waals surface area contributed by atoms with Crippen molar-refractivity contribution in [3.63, 3.8) is 0 Å². The van der Waals surface area contributed by atoms with Crippen molar-refractivity contribution in [2.75, 3.05) is 12.4 Å². The molecule has 0 aliphatic carbocycles. The number of benzene rings is 1. The Labute approximate surface area is 105 Å². The molecular formula is C12H12ClN3O. The minimum absolute atomic E-state index is 0.567. The third kappa shape index (κ3) is 3.32. The lowest BCUT2D eigenvalue weighted by Crippen LogP contribution is -2.01. The Morgan fingerprint density at radius 3 is 2.71 bits per heavy atom. The molecule has 1 N–H and O–H groups in total. The van der Waals surface area contributed by atoms with E-state index in [1.165, 1.54) is 6.20 Å². The number of halogens is 1. The second-order valence-electron chi connectivity index (χ2n) is 3.46. The fourth-order valence-corrected chi connectivity index (χ4v) is 1.51. The molecule has 0 unspecified atom stereocenters. The molecule has 0 saturated heterocycles. The van der Waals surface area contributed by atoms with E-state index in [-0.39, 0.29) is 0 Å². The van der Waals surface area contributed by atoms with Gasteiger partial charge in [0.1, 0.15) is 11.6 Å². The van der Waals surface area contributed by atoms with Gasteiger partial charge in [0.05, 0.1) is 18.3 Å². The molecule has 4 nitrogen and oxygen atoms in total. The zero-order chi connectivity index (χ0) is 12.1. The van der Waals surface area contributed by atoms with E-state index < -0.39 is 0 Å². The first-order valence-corrected chi connectivity index (χ1v) is 5.51. The molecular weight excluding hydrogens is 238 g/mol. The maximum atomic E-state index is 5.81. The zero-order valence-corrected chi connectivity index (χ0v) is 10.1. The van der Waals surface area contributed by atoms with E-state index in [1.807, 2.05) is 24.3 Å². The third-order valence-electron chi connectivity index (χ3n) is 2.25. The van der Waals surface area contributed by atoms with Gasteiger partial charge < -0.3 is 10.1 Å². The van der Waals surface area contributed by atoms with Crippen molar-refractivity contribution in [2.45, 2.75) is 6.54 Å². The number of ether oxygens (including phenoxy) is 1. The summed E-state index contributed by atoms with van der Waals surface area (Å²) in [7, 11) is 1.65. The number of aromatic nitrogens is 2. The first-order chi connectivity index (χ1) is 8.28. The molecule has 0 radical (unpaired) electrons. The number of methoxy groups -OCH3 is 1. The minimum Gasteiger partial charge on any atom is -0.497 e. The Kier molecular flexibility index (Phi) is 3.77. The van der Waals surface area contributed by atoms with Crippen molar-refractivity contribution in [1.82, 2.24) is 10.2 Å². The van der Waals surface area contributed by atoms with E-state index in [4.69, 9.17) is 16.3 Å². The van der Waals surface area contributed by atoms with E-state index in [0.29, 0.717) is 17.4 Å². The first kappa shape index (κ1) is 11.7. The number of nitrogens with zero attached hydrogens (tertiary/aromatic N) is 2. The summed E-state index contributed by atoms with van der Waals surface area (Å²) in [5.41, 5.74) is 1.13. The van der Waals surface area contributed by atoms with E-state index >= 15 is 0 Å². The van der Waals surface area contributed by atoms with Crippen LogP contribution >= 0.6 is 11.6 Å². The van der Waals surface area contributed by atoms with Crippen LogP contribution in [0.25, 0.3) is 0 Å². The van der Waals surface area contributed by atoms with Crippen molar-refractivity contribution in [1.29, 1.82) is 0 Å². The van der Waals surface area contributed by atoms with Crippen LogP contribution in [-0.4, -0.2) is 17.3 Å². The third-order valence-corrected chi connectivity index (χ3v) is 2.46. The summed E-state index contributed by atoms with van der Waals surface area (Å²) in [5, 5.41) is 11.4. The minimum atomic E-state index is 0.567. The van der Waals surface area contributed by atoms with Crippen LogP contribution in [0.3, 0.4) is 0 Å². The molecule has 5 heteroatoms. The second-order valence-corrected chi connectivity index (χ2v) is 3.90. The predicted octanol–water partition coefficient (Wildman–Crippen LogP) is 2.75. The molecule has 0 aliphatic rings. The van der Waals surface area contributed by atoms with Crippen LogP contribution in [0.4, 0.5) is 5.82 Å². The van der Waals surface area contributed by atoms with Crippen LogP contribution in [0.5, 0.6) is 5.75 Å². The van der Waals surface area contributed by atoms with Gasteiger partial charge in [0, 0.05) is 12.6 Å². The van der Waals surface area contributed by atoms with Crippen molar-refractivity contribution in [3.8, 4) is 5.75 Å². The van der Waals surface area contributed by atoms with Gasteiger partial charge in [-0.05, 0) is 17.7 Å². The van der Waals surface area contributed by atoms with E-state index in [9.17, 15) is 0 Å². The molecule has 0 bridgehead atoms. The Balaban J connectivity index is 1.97. The topological polar surface area (TPSA) is 47.0 Å². The molecule has 0 amide bonds. The van der Waals surface area contributed by atoms with Gasteiger partial charge in [0.15, 0.2) is 0 Å². The second kappa shape index (κ2) is 5.50. The van der Waals surface area contributed by atoms with Crippen LogP contribution in [-0.2, 0) is 6.54 Å². The van der Waals surface area contributed by atoms with E-state index in [1.54, 1.807) is 13.2 Å². The van der Waals surface area contributed by atoms with Crippen molar-refractivity contribution >= 4 is 17.4 Å². The van der Waals surface area contributed by atoms with Gasteiger partial charge in [0.2, 0.25) is 0 Å². The Bertz CT molecular complexity index is 487. The fourth-order valence-electron chi connectivity index (χ4n) is 1.37. The molecule has 0 saturated carbocycles. The van der Waals surface area contributed by atoms with Crippen LogP contribution < -0.4 is 10.1 Å². The van der Waals surface area contributed by atoms with Gasteiger partial charge >= 0.3 is 0 Å². The predicted molar refractivity (Wildman–Crippen MR) is 67.4 cm³/mol. The van der Waals surface area contributed by atoms with Crippen molar-refractivity contribution in [2.24, 2.45) is 0 Å². The highest BCUT2D eigenvalue weighted by atomic mass is 35.5. The van der Waals surface area contributed by atoms with Crippen LogP contribution in [0.2, 0.25) is 5.02 Å². The van der Waals surface area contributed by atoms with Crippen LogP contribution in [0, 0.1) is 0 Å². The number of nitrogens with one attached hydrogen (secondary N) is 1. The summed E-state index contributed by atoms with van der Waals surface area (Å²) >= 11 is 5.81. The molecule has 1 heterocycles. The van der Waals surface area contributed by atoms with Gasteiger partial charge in [-0.2, -0.15) is 5.10 Å². The fraction of sp³-hybridized carbons (Fsp3) is 0.167. The van der Waals surface area contributed by atoms with Gasteiger partial charge in [-0.1, -0.05) is 23.7 Å². The summed E-state index contributed by atoms with van der Waals surface area (Å²) in [6.07, 6.45) is 1.50. The van der Waals surface area contributed by atoms with E-state index in [0.717, 1.165) is 11.3 Å². The first-order valence-electron chi connectivity index (χ1n) is 5.13. The summed E-state index contributed by atoms with van der Waals surface area (Å²) in [6, 6.07) is 9.55. The average molecular weight is 250 g/mol. The molecule has 1 aromatic heterocycles. The smallest absolute Gasteiger partial charge is 0.150 e. The van der Waals surface area contributed by atoms with Gasteiger partial charge in [0.25, 0.3) is 0 Å². The highest BCUT2D eigenvalue weighted by molar-refractivity contribution is 6.30. The monoisotopic (exact) mass is 249 g/mol. The highest BCUT2D eigenvalue weighted by Gasteiger charge is 1.97. The number of anilines is 1. The zero-order valence-electron chi connectivity index (χ0n) is 9.35. The lowest BCUT2D eigenvalue weighted by molar-refractivity contribution is 0.414. The molecule has 1 aromatic carbocycles. The molecule has 0 fully saturated rings. The maximum absolute atomic E-state index is 5.81. The van der Waals surface area contributed by atoms with Crippen molar-refractivity contribution < 1.29 is 4.74 Å². The van der Waals surface area contributed by atoms with Gasteiger partial charge in [-0.3, -0.25) is 0 Å². The highest BCUT2D eigenvalue weighted by Crippen LogP contribution is 2.14. The quantitative estimate of drug-likeness (QED) is 0.905. The maximum Gasteiger partial charge on any atom is 0.150 e. The van der Waals surface area contributed by atoms with Gasteiger partial charge in [-0.15, -0.1) is 5.10 Å². The molecule has 0 spiro atoms. The molecule has 0 aliphatic heterocycles. The largest absolute Gasteiger partial charge is 0.497 e. The van der Waals surface area contributed by atoms with E-state index in [2.05, 4.69) is 15.5 Å². The summed E-state index contributed by atoms with van der Waals surface area (Å²) in [4.78, 5) is 0. The summed E-state index contributed by atoms with van der Waals surface area (Å²) < 4.78 is 5.09. The Hall–Kier alpha value is -1.81. The molecule has 88 valence electrons. The Morgan fingerprint density at radius 1 is 1.29 bits per heavy atom. The van der Waals surface area contributed by atoms with Crippen molar-refractivity contribution in [3.05, 3.63) is 47.1 Å².